The maximum atomic E-state index is 12.5. The molecule has 0 aromatic heterocycles. The molecule has 0 atom stereocenters. The van der Waals surface area contributed by atoms with Gasteiger partial charge in [0.05, 0.1) is 27.6 Å². The van der Waals surface area contributed by atoms with Crippen LogP contribution in [0.3, 0.4) is 0 Å². The highest BCUT2D eigenvalue weighted by molar-refractivity contribution is 9.10. The molecule has 0 unspecified atom stereocenters. The van der Waals surface area contributed by atoms with Crippen LogP contribution in [0.25, 0.3) is 6.08 Å². The SMILES string of the molecule is COc1cc(/C=C2\C(=N)N3OC(C)=CC3=NC2=O)cc(Br)c1OCc1ccccc1[N+](=O)[O-]. The number of aliphatic imine (C=N–C) groups is 1. The zero-order valence-corrected chi connectivity index (χ0v) is 19.1. The molecular formula is C22H17BrN4O6. The number of nitro groups is 1. The first-order chi connectivity index (χ1) is 15.8. The van der Waals surface area contributed by atoms with Gasteiger partial charge < -0.3 is 14.3 Å². The minimum Gasteiger partial charge on any atom is -0.493 e. The Hall–Kier alpha value is -3.99. The van der Waals surface area contributed by atoms with E-state index in [1.165, 1.54) is 24.3 Å². The average Bonchev–Trinajstić information content (AvgIpc) is 3.15. The number of carbonyl (C=O) groups is 1. The Kier molecular flexibility index (Phi) is 5.97. The fourth-order valence-corrected chi connectivity index (χ4v) is 3.87. The van der Waals surface area contributed by atoms with Gasteiger partial charge in [0.25, 0.3) is 11.6 Å². The smallest absolute Gasteiger partial charge is 0.282 e. The van der Waals surface area contributed by atoms with Crippen LogP contribution in [0, 0.1) is 15.5 Å². The number of nitrogens with zero attached hydrogens (tertiary/aromatic N) is 3. The minimum absolute atomic E-state index is 0.0444. The van der Waals surface area contributed by atoms with Gasteiger partial charge in [-0.05, 0) is 52.7 Å². The number of benzene rings is 2. The maximum Gasteiger partial charge on any atom is 0.282 e. The van der Waals surface area contributed by atoms with Crippen molar-refractivity contribution in [3.8, 4) is 11.5 Å². The highest BCUT2D eigenvalue weighted by Gasteiger charge is 2.34. The molecule has 33 heavy (non-hydrogen) atoms. The second kappa shape index (κ2) is 8.87. The number of rotatable bonds is 6. The number of para-hydroxylation sites is 1. The number of amidine groups is 2. The summed E-state index contributed by atoms with van der Waals surface area (Å²) in [6.45, 7) is 1.65. The van der Waals surface area contributed by atoms with Crippen LogP contribution in [-0.2, 0) is 16.2 Å². The molecule has 4 rings (SSSR count). The van der Waals surface area contributed by atoms with Gasteiger partial charge in [-0.25, -0.2) is 0 Å². The average molecular weight is 513 g/mol. The fraction of sp³-hybridized carbons (Fsp3) is 0.136. The van der Waals surface area contributed by atoms with Gasteiger partial charge in [0.2, 0.25) is 0 Å². The number of nitrogens with one attached hydrogen (secondary N) is 1. The molecule has 2 aromatic carbocycles. The number of hydrogen-bond donors (Lipinski definition) is 1. The summed E-state index contributed by atoms with van der Waals surface area (Å²) in [6.07, 6.45) is 3.08. The predicted octanol–water partition coefficient (Wildman–Crippen LogP) is 4.40. The number of fused-ring (bicyclic) bond motifs is 1. The van der Waals surface area contributed by atoms with E-state index < -0.39 is 10.8 Å². The van der Waals surface area contributed by atoms with E-state index in [-0.39, 0.29) is 29.5 Å². The molecule has 2 aliphatic heterocycles. The third-order valence-corrected chi connectivity index (χ3v) is 5.39. The summed E-state index contributed by atoms with van der Waals surface area (Å²) in [6, 6.07) is 9.61. The second-order valence-electron chi connectivity index (χ2n) is 7.03. The van der Waals surface area contributed by atoms with Crippen molar-refractivity contribution in [2.24, 2.45) is 4.99 Å². The lowest BCUT2D eigenvalue weighted by molar-refractivity contribution is -0.385. The van der Waals surface area contributed by atoms with Crippen LogP contribution in [0.4, 0.5) is 5.69 Å². The Morgan fingerprint density at radius 2 is 2.09 bits per heavy atom. The molecule has 2 heterocycles. The molecule has 11 heteroatoms. The third-order valence-electron chi connectivity index (χ3n) is 4.80. The highest BCUT2D eigenvalue weighted by atomic mass is 79.9. The molecule has 0 saturated carbocycles. The summed E-state index contributed by atoms with van der Waals surface area (Å²) in [4.78, 5) is 32.6. The van der Waals surface area contributed by atoms with Crippen molar-refractivity contribution >= 4 is 45.3 Å². The highest BCUT2D eigenvalue weighted by Crippen LogP contribution is 2.38. The molecule has 168 valence electrons. The second-order valence-corrected chi connectivity index (χ2v) is 7.89. The Morgan fingerprint density at radius 1 is 1.33 bits per heavy atom. The Labute approximate surface area is 196 Å². The molecule has 2 aromatic rings. The van der Waals surface area contributed by atoms with Crippen LogP contribution in [0.15, 0.2) is 63.3 Å². The number of carbonyl (C=O) groups excluding carboxylic acids is 1. The number of methoxy groups -OCH3 is 1. The normalized spacial score (nSPS) is 16.2. The molecule has 0 spiro atoms. The molecule has 10 nitrogen and oxygen atoms in total. The van der Waals surface area contributed by atoms with Crippen molar-refractivity contribution in [1.29, 1.82) is 5.41 Å². The van der Waals surface area contributed by atoms with Gasteiger partial charge in [-0.3, -0.25) is 20.3 Å². The maximum absolute atomic E-state index is 12.5. The summed E-state index contributed by atoms with van der Waals surface area (Å²) in [7, 11) is 1.45. The molecule has 0 saturated heterocycles. The van der Waals surface area contributed by atoms with Crippen LogP contribution in [-0.4, -0.2) is 34.7 Å². The quantitative estimate of drug-likeness (QED) is 0.345. The van der Waals surface area contributed by atoms with Crippen LogP contribution in [0.2, 0.25) is 0 Å². The number of nitro benzene ring substituents is 1. The van der Waals surface area contributed by atoms with Gasteiger partial charge in [0, 0.05) is 12.1 Å². The van der Waals surface area contributed by atoms with Crippen molar-refractivity contribution in [2.75, 3.05) is 7.11 Å². The molecule has 1 N–H and O–H groups in total. The van der Waals surface area contributed by atoms with Crippen LogP contribution >= 0.6 is 15.9 Å². The van der Waals surface area contributed by atoms with Gasteiger partial charge in [-0.15, -0.1) is 5.06 Å². The molecule has 0 aliphatic carbocycles. The summed E-state index contributed by atoms with van der Waals surface area (Å²) in [5, 5.41) is 20.7. The Bertz CT molecular complexity index is 1280. The molecule has 0 radical (unpaired) electrons. The first-order valence-electron chi connectivity index (χ1n) is 9.61. The largest absolute Gasteiger partial charge is 0.493 e. The van der Waals surface area contributed by atoms with Crippen molar-refractivity contribution in [1.82, 2.24) is 5.06 Å². The number of hydroxylamine groups is 2. The lowest BCUT2D eigenvalue weighted by atomic mass is 10.1. The van der Waals surface area contributed by atoms with E-state index in [9.17, 15) is 14.9 Å². The molecule has 0 fully saturated rings. The first kappa shape index (κ1) is 22.2. The lowest BCUT2D eigenvalue weighted by Gasteiger charge is -2.23. The van der Waals surface area contributed by atoms with Crippen LogP contribution in [0.1, 0.15) is 18.1 Å². The summed E-state index contributed by atoms with van der Waals surface area (Å²) in [5.74, 6) is 0.765. The van der Waals surface area contributed by atoms with Crippen molar-refractivity contribution in [3.63, 3.8) is 0 Å². The molecule has 0 bridgehead atoms. The lowest BCUT2D eigenvalue weighted by Crippen LogP contribution is -2.38. The Balaban J connectivity index is 1.62. The number of hydrogen-bond acceptors (Lipinski definition) is 7. The van der Waals surface area contributed by atoms with Gasteiger partial charge in [-0.1, -0.05) is 12.1 Å². The number of ether oxygens (including phenoxy) is 2. The molecular weight excluding hydrogens is 496 g/mol. The molecule has 2 aliphatic rings. The first-order valence-corrected chi connectivity index (χ1v) is 10.4. The van der Waals surface area contributed by atoms with Gasteiger partial charge in [-0.2, -0.15) is 4.99 Å². The zero-order chi connectivity index (χ0) is 23.7. The van der Waals surface area contributed by atoms with Crippen LogP contribution < -0.4 is 9.47 Å². The fourth-order valence-electron chi connectivity index (χ4n) is 3.29. The van der Waals surface area contributed by atoms with E-state index in [4.69, 9.17) is 19.7 Å². The van der Waals surface area contributed by atoms with E-state index in [2.05, 4.69) is 20.9 Å². The van der Waals surface area contributed by atoms with Crippen molar-refractivity contribution in [2.45, 2.75) is 13.5 Å². The van der Waals surface area contributed by atoms with Crippen molar-refractivity contribution in [3.05, 3.63) is 79.5 Å². The van der Waals surface area contributed by atoms with Gasteiger partial charge in [0.1, 0.15) is 12.4 Å². The summed E-state index contributed by atoms with van der Waals surface area (Å²) >= 11 is 3.43. The monoisotopic (exact) mass is 512 g/mol. The third kappa shape index (κ3) is 4.35. The predicted molar refractivity (Wildman–Crippen MR) is 123 cm³/mol. The van der Waals surface area contributed by atoms with E-state index in [0.717, 1.165) is 0 Å². The number of allylic oxidation sites excluding steroid dienone is 1. The van der Waals surface area contributed by atoms with Gasteiger partial charge in [0.15, 0.2) is 23.2 Å². The van der Waals surface area contributed by atoms with E-state index >= 15 is 0 Å². The minimum atomic E-state index is -0.562. The number of amides is 1. The Morgan fingerprint density at radius 3 is 2.82 bits per heavy atom. The van der Waals surface area contributed by atoms with E-state index in [1.807, 2.05) is 0 Å². The van der Waals surface area contributed by atoms with Crippen molar-refractivity contribution < 1.29 is 24.0 Å². The van der Waals surface area contributed by atoms with Gasteiger partial charge >= 0.3 is 0 Å². The topological polar surface area (TPSA) is 127 Å². The van der Waals surface area contributed by atoms with Crippen LogP contribution in [0.5, 0.6) is 11.5 Å². The molecule has 1 amide bonds. The summed E-state index contributed by atoms with van der Waals surface area (Å²) < 4.78 is 11.8. The van der Waals surface area contributed by atoms with E-state index in [1.54, 1.807) is 43.3 Å². The zero-order valence-electron chi connectivity index (χ0n) is 17.5. The number of halogens is 1. The standard InChI is InChI=1S/C22H17BrN4O6/c1-12-7-19-25-22(28)15(21(24)26(19)33-12)8-13-9-16(23)20(18(10-13)31-2)32-11-14-5-3-4-6-17(14)27(29)30/h3-10,24H,11H2,1-2H3/b15-8+,24-21?. The summed E-state index contributed by atoms with van der Waals surface area (Å²) in [5.41, 5.74) is 0.959. The van der Waals surface area contributed by atoms with E-state index in [0.29, 0.717) is 32.9 Å².